The maximum Gasteiger partial charge on any atom is 0.0736 e. The Kier molecular flexibility index (Phi) is 2.87. The zero-order valence-electron chi connectivity index (χ0n) is 11.7. The van der Waals surface area contributed by atoms with Gasteiger partial charge in [-0.2, -0.15) is 0 Å². The van der Waals surface area contributed by atoms with Gasteiger partial charge in [-0.1, -0.05) is 20.8 Å². The van der Waals surface area contributed by atoms with Crippen molar-refractivity contribution in [2.45, 2.75) is 65.6 Å². The molecule has 3 aliphatic heterocycles. The molecule has 94 valence electrons. The Morgan fingerprint density at radius 2 is 1.69 bits per heavy atom. The molecular weight excluding hydrogens is 198 g/mol. The lowest BCUT2D eigenvalue weighted by Crippen LogP contribution is -2.65. The Labute approximate surface area is 100 Å². The second-order valence-corrected chi connectivity index (χ2v) is 7.56. The van der Waals surface area contributed by atoms with Gasteiger partial charge in [0.2, 0.25) is 0 Å². The number of hydrogen-bond acceptors (Lipinski definition) is 2. The maximum atomic E-state index is 6.00. The molecule has 3 rings (SSSR count). The van der Waals surface area contributed by atoms with Gasteiger partial charge in [0.25, 0.3) is 0 Å². The van der Waals surface area contributed by atoms with Gasteiger partial charge in [-0.3, -0.25) is 4.90 Å². The third kappa shape index (κ3) is 2.14. The maximum absolute atomic E-state index is 6.00. The monoisotopic (exact) mass is 225 g/mol. The third-order valence-corrected chi connectivity index (χ3v) is 4.27. The molecule has 0 aliphatic carbocycles. The molecule has 2 heteroatoms. The second kappa shape index (κ2) is 3.71. The van der Waals surface area contributed by atoms with Crippen molar-refractivity contribution in [3.63, 3.8) is 0 Å². The van der Waals surface area contributed by atoms with Crippen LogP contribution in [0.5, 0.6) is 0 Å². The second-order valence-electron chi connectivity index (χ2n) is 7.56. The average molecular weight is 225 g/mol. The minimum Gasteiger partial charge on any atom is -0.375 e. The number of nitrogens with zero attached hydrogens (tertiary/aromatic N) is 1. The Morgan fingerprint density at radius 1 is 1.06 bits per heavy atom. The van der Waals surface area contributed by atoms with Gasteiger partial charge in [0.15, 0.2) is 0 Å². The van der Waals surface area contributed by atoms with Gasteiger partial charge in [0.1, 0.15) is 0 Å². The summed E-state index contributed by atoms with van der Waals surface area (Å²) in [5.74, 6) is 0.727. The fourth-order valence-electron chi connectivity index (χ4n) is 3.34. The zero-order chi connectivity index (χ0) is 12.1. The summed E-state index contributed by atoms with van der Waals surface area (Å²) in [6.45, 7) is 16.1. The van der Waals surface area contributed by atoms with Gasteiger partial charge in [-0.25, -0.2) is 0 Å². The standard InChI is InChI=1S/C14H27NO/c1-13(2,3)11-7-10-9-16-12(11)8-15(10)14(4,5)6/h10-12H,7-9H2,1-6H3/t10-,11?,12+/m0/s1. The third-order valence-electron chi connectivity index (χ3n) is 4.27. The molecule has 0 spiro atoms. The van der Waals surface area contributed by atoms with Crippen molar-refractivity contribution in [1.82, 2.24) is 4.90 Å². The van der Waals surface area contributed by atoms with Gasteiger partial charge in [0, 0.05) is 18.1 Å². The minimum absolute atomic E-state index is 0.287. The summed E-state index contributed by atoms with van der Waals surface area (Å²) in [5.41, 5.74) is 0.670. The number of piperidine rings is 1. The van der Waals surface area contributed by atoms with Crippen LogP contribution >= 0.6 is 0 Å². The van der Waals surface area contributed by atoms with Crippen molar-refractivity contribution < 1.29 is 4.74 Å². The molecule has 3 atom stereocenters. The normalized spacial score (nSPS) is 36.8. The molecule has 3 heterocycles. The molecule has 3 aliphatic rings. The first-order chi connectivity index (χ1) is 7.19. The number of rotatable bonds is 0. The van der Waals surface area contributed by atoms with E-state index < -0.39 is 0 Å². The minimum atomic E-state index is 0.287. The van der Waals surface area contributed by atoms with E-state index in [0.717, 1.165) is 19.1 Å². The van der Waals surface area contributed by atoms with E-state index in [1.807, 2.05) is 0 Å². The van der Waals surface area contributed by atoms with Crippen molar-refractivity contribution in [1.29, 1.82) is 0 Å². The van der Waals surface area contributed by atoms with Crippen molar-refractivity contribution in [2.24, 2.45) is 11.3 Å². The quantitative estimate of drug-likeness (QED) is 0.628. The summed E-state index contributed by atoms with van der Waals surface area (Å²) >= 11 is 0. The first-order valence-corrected chi connectivity index (χ1v) is 6.58. The van der Waals surface area contributed by atoms with Crippen molar-refractivity contribution in [3.8, 4) is 0 Å². The molecule has 0 aromatic heterocycles. The van der Waals surface area contributed by atoms with Crippen LogP contribution in [0, 0.1) is 11.3 Å². The topological polar surface area (TPSA) is 12.5 Å². The molecular formula is C14H27NO. The lowest BCUT2D eigenvalue weighted by atomic mass is 9.69. The average Bonchev–Trinajstić information content (AvgIpc) is 2.15. The number of hydrogen-bond donors (Lipinski definition) is 0. The number of fused-ring (bicyclic) bond motifs is 3. The summed E-state index contributed by atoms with van der Waals surface area (Å²) in [4.78, 5) is 2.64. The lowest BCUT2D eigenvalue weighted by molar-refractivity contribution is -0.180. The summed E-state index contributed by atoms with van der Waals surface area (Å²) in [7, 11) is 0. The van der Waals surface area contributed by atoms with E-state index in [1.54, 1.807) is 0 Å². The Morgan fingerprint density at radius 3 is 2.06 bits per heavy atom. The SMILES string of the molecule is CC(C)(C)C1C[C@H]2CO[C@@H]1CN2C(C)(C)C. The summed E-state index contributed by atoms with van der Waals surface area (Å²) in [6, 6.07) is 0.634. The highest BCUT2D eigenvalue weighted by atomic mass is 16.5. The molecule has 0 aromatic carbocycles. The van der Waals surface area contributed by atoms with Gasteiger partial charge >= 0.3 is 0 Å². The van der Waals surface area contributed by atoms with Crippen LogP contribution in [0.15, 0.2) is 0 Å². The van der Waals surface area contributed by atoms with E-state index in [1.165, 1.54) is 6.42 Å². The van der Waals surface area contributed by atoms with Crippen molar-refractivity contribution in [2.75, 3.05) is 13.2 Å². The van der Waals surface area contributed by atoms with E-state index in [0.29, 0.717) is 17.6 Å². The largest absolute Gasteiger partial charge is 0.375 e. The van der Waals surface area contributed by atoms with Gasteiger partial charge in [-0.15, -0.1) is 0 Å². The first kappa shape index (κ1) is 12.4. The fourth-order valence-corrected chi connectivity index (χ4v) is 3.34. The van der Waals surface area contributed by atoms with Crippen LogP contribution in [-0.2, 0) is 4.74 Å². The van der Waals surface area contributed by atoms with Crippen LogP contribution in [0.1, 0.15) is 48.0 Å². The van der Waals surface area contributed by atoms with E-state index in [2.05, 4.69) is 46.4 Å². The molecule has 0 amide bonds. The Hall–Kier alpha value is -0.0800. The summed E-state index contributed by atoms with van der Waals surface area (Å²) in [5, 5.41) is 0. The van der Waals surface area contributed by atoms with Crippen LogP contribution in [-0.4, -0.2) is 35.7 Å². The van der Waals surface area contributed by atoms with E-state index in [-0.39, 0.29) is 5.54 Å². The van der Waals surface area contributed by atoms with Crippen LogP contribution in [0.2, 0.25) is 0 Å². The highest BCUT2D eigenvalue weighted by Gasteiger charge is 2.48. The predicted molar refractivity (Wildman–Crippen MR) is 67.5 cm³/mol. The Balaban J connectivity index is 2.13. The number of ether oxygens (including phenoxy) is 1. The molecule has 1 unspecified atom stereocenters. The molecule has 3 saturated heterocycles. The molecule has 0 N–H and O–H groups in total. The fraction of sp³-hybridized carbons (Fsp3) is 1.00. The smallest absolute Gasteiger partial charge is 0.0736 e. The summed E-state index contributed by atoms with van der Waals surface area (Å²) < 4.78 is 6.00. The van der Waals surface area contributed by atoms with E-state index in [4.69, 9.17) is 4.74 Å². The van der Waals surface area contributed by atoms with Crippen LogP contribution in [0.25, 0.3) is 0 Å². The van der Waals surface area contributed by atoms with Crippen molar-refractivity contribution in [3.05, 3.63) is 0 Å². The van der Waals surface area contributed by atoms with E-state index in [9.17, 15) is 0 Å². The molecule has 2 bridgehead atoms. The number of morpholine rings is 1. The Bertz CT molecular complexity index is 233. The molecule has 2 nitrogen and oxygen atoms in total. The summed E-state index contributed by atoms with van der Waals surface area (Å²) in [6.07, 6.45) is 1.76. The van der Waals surface area contributed by atoms with Crippen LogP contribution in [0.3, 0.4) is 0 Å². The predicted octanol–water partition coefficient (Wildman–Crippen LogP) is 2.92. The molecule has 0 saturated carbocycles. The first-order valence-electron chi connectivity index (χ1n) is 6.58. The lowest BCUT2D eigenvalue weighted by Gasteiger charge is -2.56. The highest BCUT2D eigenvalue weighted by Crippen LogP contribution is 2.43. The van der Waals surface area contributed by atoms with Gasteiger partial charge < -0.3 is 4.74 Å². The highest BCUT2D eigenvalue weighted by molar-refractivity contribution is 5.00. The zero-order valence-corrected chi connectivity index (χ0v) is 11.7. The molecule has 0 aromatic rings. The van der Waals surface area contributed by atoms with Crippen LogP contribution in [0.4, 0.5) is 0 Å². The molecule has 16 heavy (non-hydrogen) atoms. The van der Waals surface area contributed by atoms with Gasteiger partial charge in [-0.05, 0) is 38.5 Å². The van der Waals surface area contributed by atoms with Crippen molar-refractivity contribution >= 4 is 0 Å². The molecule has 3 fully saturated rings. The van der Waals surface area contributed by atoms with Gasteiger partial charge in [0.05, 0.1) is 12.7 Å². The molecule has 0 radical (unpaired) electrons. The van der Waals surface area contributed by atoms with E-state index >= 15 is 0 Å². The van der Waals surface area contributed by atoms with Crippen LogP contribution < -0.4 is 0 Å².